The molecule has 3 aromatic rings. The first kappa shape index (κ1) is 18.5. The molecule has 0 atom stereocenters. The third-order valence-corrected chi connectivity index (χ3v) is 3.93. The molecule has 2 aromatic carbocycles. The van der Waals surface area contributed by atoms with Crippen molar-refractivity contribution in [2.75, 3.05) is 11.9 Å². The summed E-state index contributed by atoms with van der Waals surface area (Å²) in [7, 11) is 0. The molecule has 6 nitrogen and oxygen atoms in total. The topological polar surface area (TPSA) is 71.3 Å². The average Bonchev–Trinajstić information content (AvgIpc) is 3.12. The Bertz CT molecular complexity index is 888. The van der Waals surface area contributed by atoms with Crippen LogP contribution in [0.1, 0.15) is 18.4 Å². The largest absolute Gasteiger partial charge is 0.338 e. The van der Waals surface area contributed by atoms with Crippen LogP contribution in [-0.2, 0) is 17.9 Å². The van der Waals surface area contributed by atoms with Crippen LogP contribution in [-0.4, -0.2) is 27.5 Å². The van der Waals surface area contributed by atoms with Gasteiger partial charge in [-0.05, 0) is 17.7 Å². The minimum absolute atomic E-state index is 0.0818. The molecule has 0 bridgehead atoms. The highest BCUT2D eigenvalue weighted by Gasteiger charge is 2.13. The van der Waals surface area contributed by atoms with Crippen molar-refractivity contribution in [3.8, 4) is 11.4 Å². The molecule has 1 N–H and O–H groups in total. The summed E-state index contributed by atoms with van der Waals surface area (Å²) in [6.07, 6.45) is 1.85. The number of rotatable bonds is 8. The van der Waals surface area contributed by atoms with Crippen molar-refractivity contribution < 1.29 is 9.32 Å². The van der Waals surface area contributed by atoms with Crippen LogP contribution < -0.4 is 5.32 Å². The maximum absolute atomic E-state index is 11.1. The maximum Gasteiger partial charge on any atom is 0.241 e. The van der Waals surface area contributed by atoms with Crippen LogP contribution in [0.2, 0.25) is 0 Å². The maximum atomic E-state index is 11.1. The SMILES string of the molecule is C=CCN(Cc1ccc(NC(C)=O)cc1)Cc1nc(-c2ccccc2)no1. The van der Waals surface area contributed by atoms with Crippen molar-refractivity contribution in [3.63, 3.8) is 0 Å². The van der Waals surface area contributed by atoms with E-state index in [2.05, 4.69) is 26.9 Å². The molecule has 0 saturated carbocycles. The number of nitrogens with one attached hydrogen (secondary N) is 1. The fourth-order valence-corrected chi connectivity index (χ4v) is 2.74. The Kier molecular flexibility index (Phi) is 6.12. The Hall–Kier alpha value is -3.25. The molecule has 0 radical (unpaired) electrons. The van der Waals surface area contributed by atoms with E-state index in [-0.39, 0.29) is 5.91 Å². The molecule has 0 aliphatic carbocycles. The molecule has 1 aromatic heterocycles. The number of hydrogen-bond acceptors (Lipinski definition) is 5. The van der Waals surface area contributed by atoms with Crippen LogP contribution in [0, 0.1) is 0 Å². The van der Waals surface area contributed by atoms with Gasteiger partial charge in [-0.1, -0.05) is 53.7 Å². The third-order valence-electron chi connectivity index (χ3n) is 3.93. The van der Waals surface area contributed by atoms with Crippen LogP contribution in [0.25, 0.3) is 11.4 Å². The standard InChI is InChI=1S/C21H22N4O2/c1-3-13-25(14-17-9-11-19(12-10-17)22-16(2)26)15-20-23-21(24-27-20)18-7-5-4-6-8-18/h3-12H,1,13-15H2,2H3,(H,22,26). The fourth-order valence-electron chi connectivity index (χ4n) is 2.74. The van der Waals surface area contributed by atoms with E-state index in [9.17, 15) is 4.79 Å². The Labute approximate surface area is 158 Å². The van der Waals surface area contributed by atoms with Gasteiger partial charge in [0.2, 0.25) is 17.6 Å². The van der Waals surface area contributed by atoms with Gasteiger partial charge in [-0.15, -0.1) is 6.58 Å². The lowest BCUT2D eigenvalue weighted by Crippen LogP contribution is -2.23. The van der Waals surface area contributed by atoms with Crippen molar-refractivity contribution in [2.45, 2.75) is 20.0 Å². The van der Waals surface area contributed by atoms with Gasteiger partial charge in [0.25, 0.3) is 0 Å². The van der Waals surface area contributed by atoms with E-state index in [0.29, 0.717) is 31.3 Å². The van der Waals surface area contributed by atoms with Crippen LogP contribution in [0.5, 0.6) is 0 Å². The van der Waals surface area contributed by atoms with E-state index in [1.807, 2.05) is 60.7 Å². The predicted octanol–water partition coefficient (Wildman–Crippen LogP) is 3.88. The number of hydrogen-bond donors (Lipinski definition) is 1. The van der Waals surface area contributed by atoms with Crippen molar-refractivity contribution in [1.82, 2.24) is 15.0 Å². The molecule has 6 heteroatoms. The third kappa shape index (κ3) is 5.36. The molecule has 0 aliphatic rings. The van der Waals surface area contributed by atoms with E-state index in [4.69, 9.17) is 4.52 Å². The lowest BCUT2D eigenvalue weighted by molar-refractivity contribution is -0.114. The zero-order valence-electron chi connectivity index (χ0n) is 15.3. The molecule has 0 aliphatic heterocycles. The number of amides is 1. The summed E-state index contributed by atoms with van der Waals surface area (Å²) < 4.78 is 5.41. The highest BCUT2D eigenvalue weighted by molar-refractivity contribution is 5.88. The molecule has 27 heavy (non-hydrogen) atoms. The van der Waals surface area contributed by atoms with Gasteiger partial charge in [0.1, 0.15) is 0 Å². The smallest absolute Gasteiger partial charge is 0.241 e. The Morgan fingerprint density at radius 3 is 2.56 bits per heavy atom. The summed E-state index contributed by atoms with van der Waals surface area (Å²) in [4.78, 5) is 17.8. The van der Waals surface area contributed by atoms with Crippen molar-refractivity contribution in [1.29, 1.82) is 0 Å². The minimum Gasteiger partial charge on any atom is -0.338 e. The van der Waals surface area contributed by atoms with E-state index >= 15 is 0 Å². The number of anilines is 1. The van der Waals surface area contributed by atoms with Gasteiger partial charge >= 0.3 is 0 Å². The van der Waals surface area contributed by atoms with Gasteiger partial charge in [-0.3, -0.25) is 9.69 Å². The van der Waals surface area contributed by atoms with Gasteiger partial charge < -0.3 is 9.84 Å². The van der Waals surface area contributed by atoms with Gasteiger partial charge in [-0.25, -0.2) is 0 Å². The summed E-state index contributed by atoms with van der Waals surface area (Å²) in [5.41, 5.74) is 2.83. The Morgan fingerprint density at radius 1 is 1.15 bits per heavy atom. The van der Waals surface area contributed by atoms with Gasteiger partial charge in [0, 0.05) is 31.3 Å². The molecule has 3 rings (SSSR count). The summed E-state index contributed by atoms with van der Waals surface area (Å²) in [6, 6.07) is 17.5. The lowest BCUT2D eigenvalue weighted by atomic mass is 10.2. The van der Waals surface area contributed by atoms with Crippen LogP contribution in [0.4, 0.5) is 5.69 Å². The van der Waals surface area contributed by atoms with Crippen molar-refractivity contribution in [3.05, 3.63) is 78.7 Å². The van der Waals surface area contributed by atoms with Crippen LogP contribution >= 0.6 is 0 Å². The minimum atomic E-state index is -0.0818. The molecule has 1 amide bonds. The molecule has 0 spiro atoms. The molecule has 0 saturated heterocycles. The molecule has 138 valence electrons. The first-order valence-electron chi connectivity index (χ1n) is 8.72. The van der Waals surface area contributed by atoms with Crippen molar-refractivity contribution >= 4 is 11.6 Å². The molecule has 0 unspecified atom stereocenters. The normalized spacial score (nSPS) is 10.7. The van der Waals surface area contributed by atoms with Gasteiger partial charge in [0.15, 0.2) is 0 Å². The highest BCUT2D eigenvalue weighted by Crippen LogP contribution is 2.17. The molecular formula is C21H22N4O2. The summed E-state index contributed by atoms with van der Waals surface area (Å²) in [5, 5.41) is 6.83. The zero-order chi connectivity index (χ0) is 19.1. The van der Waals surface area contributed by atoms with Crippen molar-refractivity contribution in [2.24, 2.45) is 0 Å². The van der Waals surface area contributed by atoms with Gasteiger partial charge in [-0.2, -0.15) is 4.98 Å². The Morgan fingerprint density at radius 2 is 1.89 bits per heavy atom. The number of nitrogens with zero attached hydrogens (tertiary/aromatic N) is 3. The summed E-state index contributed by atoms with van der Waals surface area (Å²) in [5.74, 6) is 1.07. The van der Waals surface area contributed by atoms with E-state index in [0.717, 1.165) is 16.8 Å². The Balaban J connectivity index is 1.66. The molecular weight excluding hydrogens is 340 g/mol. The monoisotopic (exact) mass is 362 g/mol. The quantitative estimate of drug-likeness (QED) is 0.616. The summed E-state index contributed by atoms with van der Waals surface area (Å²) >= 11 is 0. The van der Waals surface area contributed by atoms with E-state index in [1.54, 1.807) is 0 Å². The number of benzene rings is 2. The number of aromatic nitrogens is 2. The second-order valence-electron chi connectivity index (χ2n) is 6.21. The van der Waals surface area contributed by atoms with E-state index in [1.165, 1.54) is 6.92 Å². The number of carbonyl (C=O) groups is 1. The van der Waals surface area contributed by atoms with E-state index < -0.39 is 0 Å². The highest BCUT2D eigenvalue weighted by atomic mass is 16.5. The predicted molar refractivity (Wildman–Crippen MR) is 105 cm³/mol. The van der Waals surface area contributed by atoms with Crippen LogP contribution in [0.3, 0.4) is 0 Å². The lowest BCUT2D eigenvalue weighted by Gasteiger charge is -2.18. The zero-order valence-corrected chi connectivity index (χ0v) is 15.3. The number of carbonyl (C=O) groups excluding carboxylic acids is 1. The second-order valence-corrected chi connectivity index (χ2v) is 6.21. The molecule has 1 heterocycles. The van der Waals surface area contributed by atoms with Gasteiger partial charge in [0.05, 0.1) is 6.54 Å². The fraction of sp³-hybridized carbons (Fsp3) is 0.190. The first-order chi connectivity index (χ1) is 13.1. The second kappa shape index (κ2) is 8.91. The molecule has 0 fully saturated rings. The summed E-state index contributed by atoms with van der Waals surface area (Å²) in [6.45, 7) is 7.24. The first-order valence-corrected chi connectivity index (χ1v) is 8.72. The van der Waals surface area contributed by atoms with Crippen LogP contribution in [0.15, 0.2) is 71.8 Å². The average molecular weight is 362 g/mol.